The number of hydrogen-bond acceptors (Lipinski definition) is 4. The SMILES string of the molecule is Cc1cc(-c2cccnc2)ccc1CN1CCCC1c1ccc2c(c1)OCCO2. The van der Waals surface area contributed by atoms with E-state index in [2.05, 4.69) is 59.3 Å². The van der Waals surface area contributed by atoms with Crippen molar-refractivity contribution in [1.82, 2.24) is 9.88 Å². The van der Waals surface area contributed by atoms with Crippen LogP contribution in [0.3, 0.4) is 0 Å². The molecule has 29 heavy (non-hydrogen) atoms. The maximum Gasteiger partial charge on any atom is 0.161 e. The van der Waals surface area contributed by atoms with Crippen molar-refractivity contribution >= 4 is 0 Å². The summed E-state index contributed by atoms with van der Waals surface area (Å²) in [5, 5.41) is 0. The third-order valence-corrected chi connectivity index (χ3v) is 6.03. The van der Waals surface area contributed by atoms with E-state index < -0.39 is 0 Å². The van der Waals surface area contributed by atoms with Crippen LogP contribution in [0.4, 0.5) is 0 Å². The Balaban J connectivity index is 1.36. The summed E-state index contributed by atoms with van der Waals surface area (Å²) in [5.41, 5.74) is 6.44. The Morgan fingerprint density at radius 3 is 2.72 bits per heavy atom. The van der Waals surface area contributed by atoms with E-state index in [4.69, 9.17) is 9.47 Å². The van der Waals surface area contributed by atoms with Crippen LogP contribution in [0.15, 0.2) is 60.9 Å². The summed E-state index contributed by atoms with van der Waals surface area (Å²) < 4.78 is 11.5. The number of rotatable bonds is 4. The fraction of sp³-hybridized carbons (Fsp3) is 0.320. The molecule has 1 unspecified atom stereocenters. The molecule has 1 fully saturated rings. The monoisotopic (exact) mass is 386 g/mol. The van der Waals surface area contributed by atoms with Crippen molar-refractivity contribution in [3.8, 4) is 22.6 Å². The molecule has 4 nitrogen and oxygen atoms in total. The lowest BCUT2D eigenvalue weighted by atomic mass is 9.99. The largest absolute Gasteiger partial charge is 0.486 e. The van der Waals surface area contributed by atoms with Gasteiger partial charge in [0, 0.05) is 25.0 Å². The molecule has 2 aliphatic heterocycles. The highest BCUT2D eigenvalue weighted by molar-refractivity contribution is 5.63. The molecule has 0 saturated carbocycles. The van der Waals surface area contributed by atoms with E-state index in [-0.39, 0.29) is 0 Å². The van der Waals surface area contributed by atoms with Gasteiger partial charge in [0.2, 0.25) is 0 Å². The molecule has 4 heteroatoms. The van der Waals surface area contributed by atoms with Gasteiger partial charge < -0.3 is 9.47 Å². The molecule has 0 aliphatic carbocycles. The van der Waals surface area contributed by atoms with Crippen molar-refractivity contribution in [1.29, 1.82) is 0 Å². The molecule has 5 rings (SSSR count). The van der Waals surface area contributed by atoms with Crippen molar-refractivity contribution in [2.75, 3.05) is 19.8 Å². The number of nitrogens with zero attached hydrogens (tertiary/aromatic N) is 2. The van der Waals surface area contributed by atoms with Crippen molar-refractivity contribution in [3.05, 3.63) is 77.6 Å². The summed E-state index contributed by atoms with van der Waals surface area (Å²) in [6.45, 7) is 5.58. The van der Waals surface area contributed by atoms with E-state index in [0.29, 0.717) is 19.3 Å². The van der Waals surface area contributed by atoms with E-state index in [1.165, 1.54) is 35.1 Å². The van der Waals surface area contributed by atoms with Gasteiger partial charge in [-0.2, -0.15) is 0 Å². The van der Waals surface area contributed by atoms with Gasteiger partial charge in [-0.15, -0.1) is 0 Å². The molecule has 3 aromatic rings. The van der Waals surface area contributed by atoms with Crippen LogP contribution in [0.2, 0.25) is 0 Å². The number of aromatic nitrogens is 1. The molecule has 0 radical (unpaired) electrons. The lowest BCUT2D eigenvalue weighted by molar-refractivity contribution is 0.170. The first-order chi connectivity index (χ1) is 14.3. The Labute approximate surface area is 172 Å². The summed E-state index contributed by atoms with van der Waals surface area (Å²) in [5.74, 6) is 1.75. The topological polar surface area (TPSA) is 34.6 Å². The van der Waals surface area contributed by atoms with Crippen LogP contribution in [0.5, 0.6) is 11.5 Å². The maximum atomic E-state index is 5.80. The zero-order valence-electron chi connectivity index (χ0n) is 16.8. The number of aryl methyl sites for hydroxylation is 1. The molecule has 0 N–H and O–H groups in total. The van der Waals surface area contributed by atoms with Gasteiger partial charge in [-0.05, 0) is 72.3 Å². The Hall–Kier alpha value is -2.85. The third kappa shape index (κ3) is 3.73. The van der Waals surface area contributed by atoms with Gasteiger partial charge in [-0.1, -0.05) is 30.3 Å². The molecular weight excluding hydrogens is 360 g/mol. The summed E-state index contributed by atoms with van der Waals surface area (Å²) in [7, 11) is 0. The Bertz CT molecular complexity index is 1000. The van der Waals surface area contributed by atoms with E-state index in [9.17, 15) is 0 Å². The van der Waals surface area contributed by atoms with Crippen molar-refractivity contribution in [3.63, 3.8) is 0 Å². The standard InChI is InChI=1S/C25H26N2O2/c1-18-14-19(21-4-2-10-26-16-21)6-7-22(18)17-27-11-3-5-23(27)20-8-9-24-25(15-20)29-13-12-28-24/h2,4,6-10,14-16,23H,3,5,11-13,17H2,1H3. The minimum absolute atomic E-state index is 0.434. The number of pyridine rings is 1. The summed E-state index contributed by atoms with van der Waals surface area (Å²) in [6.07, 6.45) is 6.15. The smallest absolute Gasteiger partial charge is 0.161 e. The minimum Gasteiger partial charge on any atom is -0.486 e. The van der Waals surface area contributed by atoms with E-state index in [1.807, 2.05) is 18.5 Å². The van der Waals surface area contributed by atoms with Gasteiger partial charge >= 0.3 is 0 Å². The van der Waals surface area contributed by atoms with E-state index in [1.54, 1.807) is 0 Å². The Kier molecular flexibility index (Phi) is 4.94. The van der Waals surface area contributed by atoms with Crippen LogP contribution >= 0.6 is 0 Å². The van der Waals surface area contributed by atoms with Crippen LogP contribution in [0.1, 0.15) is 35.6 Å². The maximum absolute atomic E-state index is 5.80. The third-order valence-electron chi connectivity index (χ3n) is 6.03. The summed E-state index contributed by atoms with van der Waals surface area (Å²) in [4.78, 5) is 6.84. The van der Waals surface area contributed by atoms with Crippen molar-refractivity contribution in [2.45, 2.75) is 32.4 Å². The number of likely N-dealkylation sites (tertiary alicyclic amines) is 1. The zero-order valence-corrected chi connectivity index (χ0v) is 16.8. The molecule has 148 valence electrons. The van der Waals surface area contributed by atoms with Crippen LogP contribution in [0, 0.1) is 6.92 Å². The highest BCUT2D eigenvalue weighted by atomic mass is 16.6. The van der Waals surface area contributed by atoms with Crippen molar-refractivity contribution in [2.24, 2.45) is 0 Å². The number of ether oxygens (including phenoxy) is 2. The second-order valence-electron chi connectivity index (χ2n) is 7.91. The highest BCUT2D eigenvalue weighted by Gasteiger charge is 2.27. The van der Waals surface area contributed by atoms with Gasteiger partial charge in [0.15, 0.2) is 11.5 Å². The number of benzene rings is 2. The average Bonchev–Trinajstić information content (AvgIpc) is 3.23. The molecule has 2 aliphatic rings. The normalized spacial score (nSPS) is 18.7. The number of fused-ring (bicyclic) bond motifs is 1. The predicted molar refractivity (Wildman–Crippen MR) is 114 cm³/mol. The second-order valence-corrected chi connectivity index (χ2v) is 7.91. The fourth-order valence-corrected chi connectivity index (χ4v) is 4.47. The van der Waals surface area contributed by atoms with Gasteiger partial charge in [0.05, 0.1) is 0 Å². The number of hydrogen-bond donors (Lipinski definition) is 0. The van der Waals surface area contributed by atoms with Gasteiger partial charge in [0.25, 0.3) is 0 Å². The molecule has 2 aromatic carbocycles. The van der Waals surface area contributed by atoms with Gasteiger partial charge in [0.1, 0.15) is 13.2 Å². The lowest BCUT2D eigenvalue weighted by Gasteiger charge is -2.27. The molecular formula is C25H26N2O2. The van der Waals surface area contributed by atoms with Crippen LogP contribution in [-0.4, -0.2) is 29.6 Å². The first kappa shape index (κ1) is 18.2. The molecule has 0 bridgehead atoms. The Morgan fingerprint density at radius 2 is 1.90 bits per heavy atom. The molecule has 0 spiro atoms. The quantitative estimate of drug-likeness (QED) is 0.620. The second kappa shape index (κ2) is 7.88. The molecule has 1 atom stereocenters. The molecule has 1 saturated heterocycles. The first-order valence-electron chi connectivity index (χ1n) is 10.4. The van der Waals surface area contributed by atoms with E-state index >= 15 is 0 Å². The molecule has 0 amide bonds. The van der Waals surface area contributed by atoms with Gasteiger partial charge in [-0.25, -0.2) is 0 Å². The van der Waals surface area contributed by atoms with Crippen LogP contribution in [0.25, 0.3) is 11.1 Å². The van der Waals surface area contributed by atoms with Crippen LogP contribution in [-0.2, 0) is 6.54 Å². The molecule has 1 aromatic heterocycles. The van der Waals surface area contributed by atoms with Crippen molar-refractivity contribution < 1.29 is 9.47 Å². The average molecular weight is 386 g/mol. The van der Waals surface area contributed by atoms with Crippen LogP contribution < -0.4 is 9.47 Å². The summed E-state index contributed by atoms with van der Waals surface area (Å²) >= 11 is 0. The lowest BCUT2D eigenvalue weighted by Crippen LogP contribution is -2.23. The predicted octanol–water partition coefficient (Wildman–Crippen LogP) is 5.17. The minimum atomic E-state index is 0.434. The van der Waals surface area contributed by atoms with E-state index in [0.717, 1.165) is 30.2 Å². The first-order valence-corrected chi connectivity index (χ1v) is 10.4. The highest BCUT2D eigenvalue weighted by Crippen LogP contribution is 2.39. The zero-order chi connectivity index (χ0) is 19.6. The fourth-order valence-electron chi connectivity index (χ4n) is 4.47. The summed E-state index contributed by atoms with van der Waals surface area (Å²) in [6, 6.07) is 17.7. The van der Waals surface area contributed by atoms with Gasteiger partial charge in [-0.3, -0.25) is 9.88 Å². The molecule has 3 heterocycles. The Morgan fingerprint density at radius 1 is 1.00 bits per heavy atom.